The molecule has 0 aliphatic carbocycles. The van der Waals surface area contributed by atoms with Crippen molar-refractivity contribution < 1.29 is 18.7 Å². The Labute approximate surface area is 210 Å². The highest BCUT2D eigenvalue weighted by Crippen LogP contribution is 2.33. The minimum atomic E-state index is -0.366. The van der Waals surface area contributed by atoms with Crippen LogP contribution in [-0.2, 0) is 22.4 Å². The van der Waals surface area contributed by atoms with Gasteiger partial charge in [-0.2, -0.15) is 0 Å². The van der Waals surface area contributed by atoms with E-state index in [9.17, 15) is 4.79 Å². The number of esters is 1. The second-order valence-electron chi connectivity index (χ2n) is 9.92. The Morgan fingerprint density at radius 1 is 1.03 bits per heavy atom. The fourth-order valence-electron chi connectivity index (χ4n) is 4.01. The zero-order chi connectivity index (χ0) is 25.4. The molecule has 0 spiro atoms. The number of aryl methyl sites for hydroxylation is 2. The molecule has 0 radical (unpaired) electrons. The molecule has 0 aliphatic rings. The lowest BCUT2D eigenvalue weighted by Crippen LogP contribution is -2.31. The number of fused-ring (bicyclic) bond motifs is 1. The Morgan fingerprint density at radius 2 is 1.83 bits per heavy atom. The van der Waals surface area contributed by atoms with E-state index in [0.29, 0.717) is 12.2 Å². The predicted molar refractivity (Wildman–Crippen MR) is 144 cm³/mol. The highest BCUT2D eigenvalue weighted by atomic mass is 16.5. The number of ether oxygens (including phenoxy) is 2. The molecule has 35 heavy (non-hydrogen) atoms. The summed E-state index contributed by atoms with van der Waals surface area (Å²) in [6.07, 6.45) is 6.66. The summed E-state index contributed by atoms with van der Waals surface area (Å²) in [5.74, 6) is 1.26. The van der Waals surface area contributed by atoms with E-state index in [1.54, 1.807) is 6.92 Å². The first-order valence-electron chi connectivity index (χ1n) is 12.9. The minimum absolute atomic E-state index is 0.288. The van der Waals surface area contributed by atoms with Crippen LogP contribution in [0.25, 0.3) is 22.3 Å². The molecule has 0 amide bonds. The predicted octanol–water partition coefficient (Wildman–Crippen LogP) is 8.31. The Hall–Kier alpha value is -3.01. The van der Waals surface area contributed by atoms with Gasteiger partial charge in [0.1, 0.15) is 23.7 Å². The Balaban J connectivity index is 1.73. The van der Waals surface area contributed by atoms with Crippen LogP contribution < -0.4 is 4.74 Å². The monoisotopic (exact) mass is 476 g/mol. The first kappa shape index (κ1) is 26.6. The van der Waals surface area contributed by atoms with Crippen LogP contribution in [0, 0.1) is 5.41 Å². The standard InChI is InChI=1S/C31H40O4/c1-7-10-11-12-23-13-16-27(24(8-2)17-23)29-18-25-14-15-26(19-28(25)35-29)33-20-31(6,9-3)21-34-30(32)22(4)5/h13-19H,4,7-12,20-21H2,1-3,5-6H3. The van der Waals surface area contributed by atoms with Crippen molar-refractivity contribution in [1.29, 1.82) is 0 Å². The van der Waals surface area contributed by atoms with Gasteiger partial charge in [-0.05, 0) is 61.9 Å². The van der Waals surface area contributed by atoms with Gasteiger partial charge in [-0.3, -0.25) is 0 Å². The number of furan rings is 1. The van der Waals surface area contributed by atoms with E-state index in [0.717, 1.165) is 47.3 Å². The topological polar surface area (TPSA) is 48.7 Å². The quantitative estimate of drug-likeness (QED) is 0.141. The second-order valence-corrected chi connectivity index (χ2v) is 9.92. The number of rotatable bonds is 13. The number of carbonyl (C=O) groups is 1. The zero-order valence-electron chi connectivity index (χ0n) is 22.0. The van der Waals surface area contributed by atoms with Crippen molar-refractivity contribution >= 4 is 16.9 Å². The highest BCUT2D eigenvalue weighted by molar-refractivity contribution is 5.87. The lowest BCUT2D eigenvalue weighted by Gasteiger charge is -2.27. The molecule has 1 unspecified atom stereocenters. The van der Waals surface area contributed by atoms with Crippen LogP contribution in [0.4, 0.5) is 0 Å². The van der Waals surface area contributed by atoms with Gasteiger partial charge in [0.15, 0.2) is 0 Å². The van der Waals surface area contributed by atoms with Gasteiger partial charge in [0.2, 0.25) is 0 Å². The first-order valence-corrected chi connectivity index (χ1v) is 12.9. The van der Waals surface area contributed by atoms with Crippen LogP contribution in [0.1, 0.15) is 71.4 Å². The SMILES string of the molecule is C=C(C)C(=O)OCC(C)(CC)COc1ccc2cc(-c3ccc(CCCCC)cc3CC)oc2c1. The molecule has 1 heterocycles. The van der Waals surface area contributed by atoms with E-state index in [1.807, 2.05) is 18.2 Å². The zero-order valence-corrected chi connectivity index (χ0v) is 22.0. The van der Waals surface area contributed by atoms with E-state index in [1.165, 1.54) is 30.4 Å². The fraction of sp³-hybridized carbons (Fsp3) is 0.452. The summed E-state index contributed by atoms with van der Waals surface area (Å²) in [6.45, 7) is 14.6. The minimum Gasteiger partial charge on any atom is -0.493 e. The second kappa shape index (κ2) is 12.1. The Morgan fingerprint density at radius 3 is 2.51 bits per heavy atom. The van der Waals surface area contributed by atoms with Gasteiger partial charge < -0.3 is 13.9 Å². The molecule has 0 saturated carbocycles. The summed E-state index contributed by atoms with van der Waals surface area (Å²) in [4.78, 5) is 11.8. The van der Waals surface area contributed by atoms with E-state index in [4.69, 9.17) is 13.9 Å². The summed E-state index contributed by atoms with van der Waals surface area (Å²) < 4.78 is 17.8. The van der Waals surface area contributed by atoms with Crippen molar-refractivity contribution in [2.75, 3.05) is 13.2 Å². The summed E-state index contributed by atoms with van der Waals surface area (Å²) in [7, 11) is 0. The molecule has 3 aromatic rings. The maximum Gasteiger partial charge on any atom is 0.333 e. The van der Waals surface area contributed by atoms with Crippen LogP contribution in [-0.4, -0.2) is 19.2 Å². The summed E-state index contributed by atoms with van der Waals surface area (Å²) in [5.41, 5.74) is 4.79. The first-order chi connectivity index (χ1) is 16.8. The van der Waals surface area contributed by atoms with E-state index >= 15 is 0 Å². The molecule has 4 heteroatoms. The molecule has 188 valence electrons. The van der Waals surface area contributed by atoms with Gasteiger partial charge in [-0.1, -0.05) is 65.3 Å². The summed E-state index contributed by atoms with van der Waals surface area (Å²) in [6, 6.07) is 14.8. The lowest BCUT2D eigenvalue weighted by atomic mass is 9.90. The maximum atomic E-state index is 11.8. The van der Waals surface area contributed by atoms with Gasteiger partial charge in [0.05, 0.1) is 6.61 Å². The molecule has 3 rings (SSSR count). The van der Waals surface area contributed by atoms with Crippen molar-refractivity contribution in [2.45, 2.75) is 73.1 Å². The van der Waals surface area contributed by atoms with E-state index in [-0.39, 0.29) is 18.0 Å². The molecule has 1 atom stereocenters. The third-order valence-corrected chi connectivity index (χ3v) is 6.72. The molecule has 4 nitrogen and oxygen atoms in total. The molecule has 0 N–H and O–H groups in total. The van der Waals surface area contributed by atoms with E-state index in [2.05, 4.69) is 58.5 Å². The normalized spacial score (nSPS) is 12.9. The van der Waals surface area contributed by atoms with Gasteiger partial charge >= 0.3 is 5.97 Å². The van der Waals surface area contributed by atoms with Crippen LogP contribution in [0.2, 0.25) is 0 Å². The van der Waals surface area contributed by atoms with Gasteiger partial charge in [0.25, 0.3) is 0 Å². The Kier molecular flexibility index (Phi) is 9.20. The van der Waals surface area contributed by atoms with Crippen LogP contribution in [0.5, 0.6) is 5.75 Å². The third kappa shape index (κ3) is 7.00. The van der Waals surface area contributed by atoms with Crippen molar-refractivity contribution in [3.05, 3.63) is 65.7 Å². The molecule has 2 aromatic carbocycles. The number of unbranched alkanes of at least 4 members (excludes halogenated alkanes) is 2. The molecule has 1 aromatic heterocycles. The molecular weight excluding hydrogens is 436 g/mol. The fourth-order valence-corrected chi connectivity index (χ4v) is 4.01. The van der Waals surface area contributed by atoms with E-state index < -0.39 is 0 Å². The number of hydrogen-bond acceptors (Lipinski definition) is 4. The van der Waals surface area contributed by atoms with Crippen LogP contribution in [0.15, 0.2) is 59.0 Å². The third-order valence-electron chi connectivity index (χ3n) is 6.72. The summed E-state index contributed by atoms with van der Waals surface area (Å²) in [5, 5.41) is 1.05. The van der Waals surface area contributed by atoms with Crippen molar-refractivity contribution in [3.63, 3.8) is 0 Å². The molecule has 0 bridgehead atoms. The maximum absolute atomic E-state index is 11.8. The van der Waals surface area contributed by atoms with Crippen LogP contribution in [0.3, 0.4) is 0 Å². The van der Waals surface area contributed by atoms with Crippen molar-refractivity contribution in [1.82, 2.24) is 0 Å². The average Bonchev–Trinajstić information content (AvgIpc) is 3.29. The van der Waals surface area contributed by atoms with Gasteiger partial charge in [-0.25, -0.2) is 4.79 Å². The average molecular weight is 477 g/mol. The largest absolute Gasteiger partial charge is 0.493 e. The lowest BCUT2D eigenvalue weighted by molar-refractivity contribution is -0.143. The number of hydrogen-bond donors (Lipinski definition) is 0. The van der Waals surface area contributed by atoms with Gasteiger partial charge in [-0.15, -0.1) is 0 Å². The van der Waals surface area contributed by atoms with Gasteiger partial charge in [0, 0.05) is 28.0 Å². The molecular formula is C31H40O4. The highest BCUT2D eigenvalue weighted by Gasteiger charge is 2.26. The van der Waals surface area contributed by atoms with Crippen molar-refractivity contribution in [3.8, 4) is 17.1 Å². The van der Waals surface area contributed by atoms with Crippen LogP contribution >= 0.6 is 0 Å². The smallest absolute Gasteiger partial charge is 0.333 e. The number of benzene rings is 2. The summed E-state index contributed by atoms with van der Waals surface area (Å²) >= 11 is 0. The number of carbonyl (C=O) groups excluding carboxylic acids is 1. The molecule has 0 saturated heterocycles. The molecule has 0 fully saturated rings. The Bertz CT molecular complexity index is 1160. The molecule has 0 aliphatic heterocycles. The van der Waals surface area contributed by atoms with Crippen molar-refractivity contribution in [2.24, 2.45) is 5.41 Å².